The summed E-state index contributed by atoms with van der Waals surface area (Å²) >= 11 is 7.03. The molecule has 0 saturated carbocycles. The van der Waals surface area contributed by atoms with Crippen LogP contribution in [0.25, 0.3) is 86.3 Å². The number of fused-ring (bicyclic) bond motifs is 10. The first kappa shape index (κ1) is 55.2. The first-order valence-electron chi connectivity index (χ1n) is 30.8. The van der Waals surface area contributed by atoms with E-state index in [2.05, 4.69) is 323 Å². The highest BCUT2D eigenvalue weighted by Gasteiger charge is 2.39. The zero-order chi connectivity index (χ0) is 60.9. The fourth-order valence-electron chi connectivity index (χ4n) is 13.6. The van der Waals surface area contributed by atoms with Crippen LogP contribution in [0, 0.1) is 0 Å². The molecule has 17 rings (SSSR count). The van der Waals surface area contributed by atoms with Gasteiger partial charge in [-0.05, 0) is 90.3 Å². The van der Waals surface area contributed by atoms with Crippen LogP contribution < -0.4 is 10.7 Å². The van der Waals surface area contributed by atoms with Gasteiger partial charge in [-0.1, -0.05) is 267 Å². The highest BCUT2D eigenvalue weighted by atomic mass is 32.1. The van der Waals surface area contributed by atoms with Gasteiger partial charge >= 0.3 is 0 Å². The van der Waals surface area contributed by atoms with Crippen molar-refractivity contribution in [3.63, 3.8) is 0 Å². The summed E-state index contributed by atoms with van der Waals surface area (Å²) in [7, 11) is 0. The van der Waals surface area contributed by atoms with Crippen LogP contribution in [-0.2, 0) is 0 Å². The molecule has 8 bridgehead atoms. The van der Waals surface area contributed by atoms with Gasteiger partial charge in [-0.3, -0.25) is 0 Å². The Kier molecular flexibility index (Phi) is 14.3. The molecule has 0 atom stereocenters. The SMILES string of the molecule is c1ccc(C2=C(c3ccccc3)C3=C(c4ccccc4)c4[nH]c(c(-c5cccs5)c4-c4cccs4)C(c4ccccc4)=C4N=C(C(c5ccccc5)=C4c4ccccc4)C(c4ccccc4)=c4[nH]c(c(-c5cccs5)c4-c4cccs4)=C(c4ccccc4)C2=N3)cc1. The van der Waals surface area contributed by atoms with E-state index in [1.54, 1.807) is 45.3 Å². The highest BCUT2D eigenvalue weighted by molar-refractivity contribution is 7.15. The maximum Gasteiger partial charge on any atom is 0.0822 e. The number of nitrogens with zero attached hydrogens (tertiary/aromatic N) is 2. The van der Waals surface area contributed by atoms with Crippen molar-refractivity contribution in [1.82, 2.24) is 9.97 Å². The second-order valence-electron chi connectivity index (χ2n) is 22.7. The van der Waals surface area contributed by atoms with Crippen LogP contribution in [0.15, 0.2) is 334 Å². The average molecular weight is 1250 g/mol. The summed E-state index contributed by atoms with van der Waals surface area (Å²) in [6.45, 7) is 0. The van der Waals surface area contributed by atoms with E-state index in [4.69, 9.17) is 9.98 Å². The van der Waals surface area contributed by atoms with E-state index in [0.29, 0.717) is 0 Å². The van der Waals surface area contributed by atoms with E-state index < -0.39 is 0 Å². The normalized spacial score (nSPS) is 14.0. The summed E-state index contributed by atoms with van der Waals surface area (Å²) in [5.74, 6) is 0. The summed E-state index contributed by atoms with van der Waals surface area (Å²) in [5.41, 5.74) is 26.0. The molecule has 6 aromatic heterocycles. The zero-order valence-corrected chi connectivity index (χ0v) is 52.8. The van der Waals surface area contributed by atoms with Crippen LogP contribution in [0.5, 0.6) is 0 Å². The van der Waals surface area contributed by atoms with Crippen molar-refractivity contribution in [2.75, 3.05) is 0 Å². The Bertz CT molecular complexity index is 5050. The van der Waals surface area contributed by atoms with Gasteiger partial charge in [0.1, 0.15) is 0 Å². The molecular weight excluding hydrogens is 1190 g/mol. The number of benzene rings is 8. The second kappa shape index (κ2) is 23.8. The Morgan fingerprint density at radius 3 is 0.707 bits per heavy atom. The van der Waals surface area contributed by atoms with Gasteiger partial charge in [0.25, 0.3) is 0 Å². The van der Waals surface area contributed by atoms with Crippen molar-refractivity contribution in [1.29, 1.82) is 0 Å². The maximum absolute atomic E-state index is 6.45. The van der Waals surface area contributed by atoms with Crippen molar-refractivity contribution >= 4 is 101 Å². The molecule has 14 aromatic rings. The quantitative estimate of drug-likeness (QED) is 0.122. The van der Waals surface area contributed by atoms with Crippen molar-refractivity contribution in [3.8, 4) is 41.8 Å². The fraction of sp³-hybridized carbons (Fsp3) is 0. The minimum absolute atomic E-state index is 0.853. The Morgan fingerprint density at radius 1 is 0.207 bits per heavy atom. The van der Waals surface area contributed by atoms with Crippen LogP contribution in [0.3, 0.4) is 0 Å². The third-order valence-corrected chi connectivity index (χ3v) is 21.0. The molecule has 8 aromatic carbocycles. The summed E-state index contributed by atoms with van der Waals surface area (Å²) in [4.78, 5) is 26.3. The molecule has 2 N–H and O–H groups in total. The lowest BCUT2D eigenvalue weighted by Gasteiger charge is -2.17. The van der Waals surface area contributed by atoms with Gasteiger partial charge in [0, 0.05) is 86.3 Å². The Morgan fingerprint density at radius 2 is 0.446 bits per heavy atom. The molecule has 2 aliphatic heterocycles. The number of allylic oxidation sites excluding steroid dienone is 4. The maximum atomic E-state index is 6.45. The second-order valence-corrected chi connectivity index (χ2v) is 26.5. The average Bonchev–Trinajstić information content (AvgIpc) is 1.56. The van der Waals surface area contributed by atoms with Crippen molar-refractivity contribution < 1.29 is 0 Å². The van der Waals surface area contributed by atoms with E-state index in [0.717, 1.165) is 176 Å². The van der Waals surface area contributed by atoms with Crippen LogP contribution in [0.2, 0.25) is 0 Å². The number of aromatic amines is 2. The van der Waals surface area contributed by atoms with Gasteiger partial charge in [0.05, 0.1) is 44.9 Å². The van der Waals surface area contributed by atoms with Crippen LogP contribution in [0.1, 0.15) is 55.9 Å². The molecule has 3 aliphatic rings. The van der Waals surface area contributed by atoms with Gasteiger partial charge in [0.2, 0.25) is 0 Å². The summed E-state index contributed by atoms with van der Waals surface area (Å²) in [6, 6.07) is 106. The first-order valence-corrected chi connectivity index (χ1v) is 34.3. The lowest BCUT2D eigenvalue weighted by molar-refractivity contribution is 1.25. The molecule has 0 amide bonds. The Labute approximate surface area is 549 Å². The number of rotatable bonds is 12. The first-order chi connectivity index (χ1) is 45.7. The van der Waals surface area contributed by atoms with E-state index in [9.17, 15) is 0 Å². The van der Waals surface area contributed by atoms with Crippen LogP contribution in [-0.4, -0.2) is 21.4 Å². The topological polar surface area (TPSA) is 56.3 Å². The third kappa shape index (κ3) is 9.54. The van der Waals surface area contributed by atoms with Gasteiger partial charge in [0.15, 0.2) is 0 Å². The third-order valence-electron chi connectivity index (χ3n) is 17.4. The number of nitrogens with one attached hydrogen (secondary N) is 2. The Hall–Kier alpha value is -10.8. The highest BCUT2D eigenvalue weighted by Crippen LogP contribution is 2.55. The van der Waals surface area contributed by atoms with E-state index in [-0.39, 0.29) is 0 Å². The molecule has 8 heteroatoms. The van der Waals surface area contributed by atoms with Gasteiger partial charge in [-0.25, -0.2) is 9.98 Å². The monoisotopic (exact) mass is 1250 g/mol. The van der Waals surface area contributed by atoms with E-state index in [1.807, 2.05) is 0 Å². The number of hydrogen-bond donors (Lipinski definition) is 2. The minimum atomic E-state index is 0.853. The molecule has 92 heavy (non-hydrogen) atoms. The van der Waals surface area contributed by atoms with E-state index >= 15 is 0 Å². The molecule has 434 valence electrons. The van der Waals surface area contributed by atoms with Crippen LogP contribution >= 0.6 is 45.3 Å². The molecule has 0 radical (unpaired) electrons. The number of hydrogen-bond acceptors (Lipinski definition) is 6. The predicted octanol–water partition coefficient (Wildman–Crippen LogP) is 21.0. The van der Waals surface area contributed by atoms with Crippen molar-refractivity contribution in [2.24, 2.45) is 9.98 Å². The lowest BCUT2D eigenvalue weighted by atomic mass is 9.84. The molecule has 0 unspecified atom stereocenters. The summed E-state index contributed by atoms with van der Waals surface area (Å²) < 4.78 is 0. The van der Waals surface area contributed by atoms with Crippen molar-refractivity contribution in [3.05, 3.63) is 391 Å². The van der Waals surface area contributed by atoms with E-state index in [1.165, 1.54) is 0 Å². The van der Waals surface area contributed by atoms with Gasteiger partial charge in [-0.2, -0.15) is 0 Å². The molecule has 8 heterocycles. The fourth-order valence-corrected chi connectivity index (χ4v) is 16.8. The summed E-state index contributed by atoms with van der Waals surface area (Å²) in [6.07, 6.45) is 0. The molecule has 0 fully saturated rings. The molecular formula is C84H54N4S4. The molecule has 0 saturated heterocycles. The van der Waals surface area contributed by atoms with Crippen molar-refractivity contribution in [2.45, 2.75) is 0 Å². The minimum Gasteiger partial charge on any atom is -0.353 e. The number of aromatic nitrogens is 2. The molecule has 4 nitrogen and oxygen atoms in total. The number of H-pyrrole nitrogens is 2. The molecule has 0 spiro atoms. The smallest absolute Gasteiger partial charge is 0.0822 e. The largest absolute Gasteiger partial charge is 0.353 e. The lowest BCUT2D eigenvalue weighted by Crippen LogP contribution is -2.23. The van der Waals surface area contributed by atoms with Crippen LogP contribution in [0.4, 0.5) is 0 Å². The molecule has 1 aliphatic carbocycles. The Balaban J connectivity index is 1.22. The zero-order valence-electron chi connectivity index (χ0n) is 49.5. The summed E-state index contributed by atoms with van der Waals surface area (Å²) in [5, 5.41) is 10.7. The van der Waals surface area contributed by atoms with Gasteiger partial charge in [-0.15, -0.1) is 45.3 Å². The number of thiophene rings is 4. The predicted molar refractivity (Wildman–Crippen MR) is 391 cm³/mol. The van der Waals surface area contributed by atoms with Gasteiger partial charge < -0.3 is 9.97 Å². The standard InChI is InChI=1S/C84H54N4S4/c1-9-29-53(30-10-1)65-66(54-31-11-2-12-32-54)78-70(58-39-19-6-20-40-58)82-75(63-47-27-51-91-63)76(64-48-28-52-92-64)84(88-82)72(60-43-23-8-24-44-60)80-68(56-35-15-4-16-36-56)67(55-33-13-3-14-34-55)79(86-80)71(59-41-21-7-22-42-59)83-74(62-46-26-50-90-62)73(61-45-25-49-89-61)81(87-83)69(77(65)85-78)57-37-17-5-18-38-57/h1-52,87-88H. The number of aliphatic imine (C=N–C) groups is 2.